The Morgan fingerprint density at radius 1 is 0.190 bits per heavy atom. The molecule has 2 nitrogen and oxygen atoms in total. The summed E-state index contributed by atoms with van der Waals surface area (Å²) in [6, 6.07) is 157. The zero-order valence-corrected chi connectivity index (χ0v) is 77.1. The smallest absolute Gasteiger partial charge is 0.416 e. The van der Waals surface area contributed by atoms with Crippen LogP contribution in [0.5, 0.6) is 5.75 Å². The zero-order valence-electron chi connectivity index (χ0n) is 77.1. The first kappa shape index (κ1) is 83.7. The summed E-state index contributed by atoms with van der Waals surface area (Å²) < 4.78 is 46.0. The van der Waals surface area contributed by atoms with Crippen molar-refractivity contribution in [3.8, 4) is 139 Å². The molecule has 0 fully saturated rings. The number of para-hydroxylation sites is 2. The van der Waals surface area contributed by atoms with Crippen LogP contribution in [0.4, 0.5) is 13.2 Å². The number of fused-ring (bicyclic) bond motifs is 17. The van der Waals surface area contributed by atoms with Crippen LogP contribution in [0.15, 0.2) is 443 Å². The van der Waals surface area contributed by atoms with Gasteiger partial charge in [0, 0.05) is 32.6 Å². The molecule has 3 aliphatic carbocycles. The molecule has 0 amide bonds. The van der Waals surface area contributed by atoms with Crippen LogP contribution < -0.4 is 4.74 Å². The lowest BCUT2D eigenvalue weighted by atomic mass is 9.80. The van der Waals surface area contributed by atoms with E-state index in [9.17, 15) is 13.2 Å². The highest BCUT2D eigenvalue weighted by Crippen LogP contribution is 2.58. The van der Waals surface area contributed by atoms with Crippen LogP contribution >= 0.6 is 0 Å². The number of halogens is 3. The average molecular weight is 1770 g/mol. The number of nitrogens with zero attached hydrogens (tertiary/aromatic N) is 1. The van der Waals surface area contributed by atoms with Crippen molar-refractivity contribution in [2.75, 3.05) is 7.11 Å². The first-order valence-corrected chi connectivity index (χ1v) is 47.3. The quantitative estimate of drug-likeness (QED) is 0.127. The molecule has 1 aromatic heterocycles. The number of aromatic nitrogens is 1. The van der Waals surface area contributed by atoms with Gasteiger partial charge in [-0.3, -0.25) is 0 Å². The topological polar surface area (TPSA) is 22.1 Å². The largest absolute Gasteiger partial charge is 0.497 e. The first-order chi connectivity index (χ1) is 66.8. The second-order valence-electron chi connectivity index (χ2n) is 38.4. The molecule has 0 unspecified atom stereocenters. The number of methoxy groups -OCH3 is 1. The van der Waals surface area contributed by atoms with Crippen molar-refractivity contribution >= 4 is 86.4 Å². The molecular formula is C132H94F3NO. The van der Waals surface area contributed by atoms with E-state index in [0.29, 0.717) is 0 Å². The molecule has 26 rings (SSSR count). The lowest BCUT2D eigenvalue weighted by molar-refractivity contribution is -0.137. The van der Waals surface area contributed by atoms with Gasteiger partial charge in [-0.2, -0.15) is 13.2 Å². The van der Waals surface area contributed by atoms with E-state index in [2.05, 4.69) is 430 Å². The van der Waals surface area contributed by atoms with Gasteiger partial charge in [0.05, 0.1) is 23.7 Å². The highest BCUT2D eigenvalue weighted by atomic mass is 19.4. The van der Waals surface area contributed by atoms with Crippen LogP contribution in [0.25, 0.3) is 220 Å². The van der Waals surface area contributed by atoms with Crippen molar-refractivity contribution in [2.45, 2.75) is 64.0 Å². The molecule has 0 aliphatic heterocycles. The van der Waals surface area contributed by atoms with E-state index in [-0.39, 0.29) is 16.2 Å². The predicted molar refractivity (Wildman–Crippen MR) is 570 cm³/mol. The monoisotopic (exact) mass is 1770 g/mol. The van der Waals surface area contributed by atoms with Crippen molar-refractivity contribution < 1.29 is 17.9 Å². The molecule has 22 aromatic carbocycles. The van der Waals surface area contributed by atoms with Crippen LogP contribution in [-0.4, -0.2) is 12.1 Å². The van der Waals surface area contributed by atoms with Crippen molar-refractivity contribution in [1.82, 2.24) is 4.98 Å². The number of alkyl halides is 3. The fraction of sp³-hybridized carbons (Fsp3) is 0.0833. The Morgan fingerprint density at radius 2 is 0.431 bits per heavy atom. The molecule has 0 saturated heterocycles. The second-order valence-corrected chi connectivity index (χ2v) is 38.4. The molecular weight excluding hydrogens is 1670 g/mol. The van der Waals surface area contributed by atoms with Crippen LogP contribution in [0.2, 0.25) is 0 Å². The van der Waals surface area contributed by atoms with E-state index in [1.54, 1.807) is 19.2 Å². The van der Waals surface area contributed by atoms with Crippen LogP contribution in [0, 0.1) is 0 Å². The highest BCUT2D eigenvalue weighted by Gasteiger charge is 2.40. The number of hydrogen-bond donors (Lipinski definition) is 0. The number of pyridine rings is 1. The number of hydrogen-bond acceptors (Lipinski definition) is 2. The SMILES string of the molecule is CC1(C)c2ccccc2-c2ccc(-c3c4ccccc4c(-c4c5ccccc5nc5ccccc45)c4ccc(-c5ccccc5)cc34)cc21.CC1(C)c2ccccc2-c2ccc(-c3c4ccccc4c(-c4ccc(C(F)(F)F)cc4)c4ccc(-c5ccccc5)cc34)cc21.COc1ccc(-c2c3ccccc3c(-c3ccc4c(c3)C(C)(C)c3ccccc3-4)c3cc(-c4ccccc4)ccc23)cc1. The van der Waals surface area contributed by atoms with Crippen LogP contribution in [0.1, 0.15) is 80.5 Å². The zero-order chi connectivity index (χ0) is 92.7. The maximum atomic E-state index is 13.5. The molecule has 654 valence electrons. The Morgan fingerprint density at radius 3 is 0.759 bits per heavy atom. The van der Waals surface area contributed by atoms with E-state index in [1.807, 2.05) is 30.3 Å². The van der Waals surface area contributed by atoms with Crippen molar-refractivity contribution in [1.29, 1.82) is 0 Å². The lowest BCUT2D eigenvalue weighted by Crippen LogP contribution is -2.14. The van der Waals surface area contributed by atoms with Crippen molar-refractivity contribution in [3.05, 3.63) is 482 Å². The average Bonchev–Trinajstić information content (AvgIpc) is 1.07. The van der Waals surface area contributed by atoms with Crippen molar-refractivity contribution in [2.24, 2.45) is 0 Å². The minimum absolute atomic E-state index is 0.0637. The van der Waals surface area contributed by atoms with E-state index < -0.39 is 11.7 Å². The number of benzene rings is 22. The molecule has 0 N–H and O–H groups in total. The lowest BCUT2D eigenvalue weighted by Gasteiger charge is -2.23. The summed E-state index contributed by atoms with van der Waals surface area (Å²) in [6.45, 7) is 14.0. The number of ether oxygens (including phenoxy) is 1. The predicted octanol–water partition coefficient (Wildman–Crippen LogP) is 36.6. The summed E-state index contributed by atoms with van der Waals surface area (Å²) in [4.78, 5) is 5.11. The van der Waals surface area contributed by atoms with E-state index in [1.165, 1.54) is 200 Å². The summed E-state index contributed by atoms with van der Waals surface area (Å²) in [5.74, 6) is 0.863. The van der Waals surface area contributed by atoms with Gasteiger partial charge in [-0.15, -0.1) is 0 Å². The summed E-state index contributed by atoms with van der Waals surface area (Å²) in [7, 11) is 1.72. The second kappa shape index (κ2) is 32.8. The normalized spacial score (nSPS) is 13.4. The van der Waals surface area contributed by atoms with E-state index >= 15 is 0 Å². The Bertz CT molecular complexity index is 8800. The van der Waals surface area contributed by atoms with E-state index in [0.717, 1.165) is 71.7 Å². The molecule has 0 spiro atoms. The Kier molecular flexibility index (Phi) is 20.0. The maximum Gasteiger partial charge on any atom is 0.416 e. The third kappa shape index (κ3) is 13.9. The molecule has 0 saturated carbocycles. The van der Waals surface area contributed by atoms with Gasteiger partial charge in [0.2, 0.25) is 0 Å². The standard InChI is InChI=1S/C48H33N.C42H29F3.C42H32O/c1-48(2)41-21-11-8-16-33(41)34-26-25-32(29-42(34)48)45-35-17-6-7-18-36(35)46(37-27-24-31(28-40(37)45)30-14-4-3-5-15-30)47-38-19-9-12-22-43(38)49-44-23-13-10-20-39(44)47;1-41(2)37-15-9-8-12-31(37)32-22-19-29(25-38(32)41)40-34-14-7-6-13-33(34)39(27-16-20-30(21-17-27)42(43,44)45)35-23-18-28(24-36(35)40)26-10-4-3-5-11-26;1-42(2)38-16-10-9-13-32(38)33-23-20-30(26-39(33)42)41-35-15-8-7-14-34(35)40(28-17-21-31(43-3)22-18-28)36-24-19-29(25-37(36)41)27-11-5-4-6-12-27/h3-29H,1-2H3;3-25H,1-2H3;4-26H,1-3H3. The van der Waals surface area contributed by atoms with Gasteiger partial charge in [0.1, 0.15) is 5.75 Å². The molecule has 5 heteroatoms. The Labute approximate surface area is 796 Å². The van der Waals surface area contributed by atoms with Crippen LogP contribution in [0.3, 0.4) is 0 Å². The summed E-state index contributed by atoms with van der Waals surface area (Å²) in [6.07, 6.45) is -4.39. The van der Waals surface area contributed by atoms with Gasteiger partial charge in [0.15, 0.2) is 0 Å². The van der Waals surface area contributed by atoms with Gasteiger partial charge in [-0.25, -0.2) is 4.98 Å². The first-order valence-electron chi connectivity index (χ1n) is 47.3. The molecule has 3 aliphatic rings. The summed E-state index contributed by atoms with van der Waals surface area (Å²) in [5, 5.41) is 16.5. The molecule has 0 bridgehead atoms. The molecule has 0 radical (unpaired) electrons. The fourth-order valence-electron chi connectivity index (χ4n) is 23.1. The Balaban J connectivity index is 0.000000112. The van der Waals surface area contributed by atoms with Gasteiger partial charge in [-0.1, -0.05) is 412 Å². The van der Waals surface area contributed by atoms with Gasteiger partial charge >= 0.3 is 6.18 Å². The van der Waals surface area contributed by atoms with Crippen molar-refractivity contribution in [3.63, 3.8) is 0 Å². The van der Waals surface area contributed by atoms with Crippen LogP contribution in [-0.2, 0) is 22.4 Å². The maximum absolute atomic E-state index is 13.5. The van der Waals surface area contributed by atoms with Gasteiger partial charge in [0.25, 0.3) is 0 Å². The third-order valence-electron chi connectivity index (χ3n) is 29.7. The molecule has 1 heterocycles. The fourth-order valence-corrected chi connectivity index (χ4v) is 23.1. The van der Waals surface area contributed by atoms with Gasteiger partial charge in [-0.05, 0) is 299 Å². The molecule has 0 atom stereocenters. The van der Waals surface area contributed by atoms with Gasteiger partial charge < -0.3 is 4.74 Å². The number of rotatable bonds is 10. The minimum Gasteiger partial charge on any atom is -0.497 e. The third-order valence-corrected chi connectivity index (χ3v) is 29.7. The summed E-state index contributed by atoms with van der Waals surface area (Å²) in [5.41, 5.74) is 38.3. The summed E-state index contributed by atoms with van der Waals surface area (Å²) >= 11 is 0. The molecule has 137 heavy (non-hydrogen) atoms. The minimum atomic E-state index is -4.39. The highest BCUT2D eigenvalue weighted by molar-refractivity contribution is 6.28. The molecule has 23 aromatic rings. The van der Waals surface area contributed by atoms with E-state index in [4.69, 9.17) is 9.72 Å². The Hall–Kier alpha value is -16.3.